The van der Waals surface area contributed by atoms with E-state index in [-0.39, 0.29) is 17.5 Å². The maximum absolute atomic E-state index is 12.2. The molecule has 0 saturated heterocycles. The molecule has 118 valence electrons. The molecule has 1 atom stereocenters. The van der Waals surface area contributed by atoms with E-state index >= 15 is 0 Å². The Morgan fingerprint density at radius 3 is 2.65 bits per heavy atom. The fourth-order valence-electron chi connectivity index (χ4n) is 2.22. The second-order valence-corrected chi connectivity index (χ2v) is 4.96. The highest BCUT2D eigenvalue weighted by Crippen LogP contribution is 2.19. The summed E-state index contributed by atoms with van der Waals surface area (Å²) in [5.41, 5.74) is 3.95. The van der Waals surface area contributed by atoms with Gasteiger partial charge in [-0.2, -0.15) is 5.10 Å². The van der Waals surface area contributed by atoms with Crippen molar-refractivity contribution in [2.45, 2.75) is 19.3 Å². The van der Waals surface area contributed by atoms with Crippen LogP contribution in [0, 0.1) is 10.1 Å². The van der Waals surface area contributed by atoms with Crippen LogP contribution in [0.3, 0.4) is 0 Å². The van der Waals surface area contributed by atoms with Gasteiger partial charge in [0.15, 0.2) is 0 Å². The fraction of sp³-hybridized carbons (Fsp3) is 0.176. The van der Waals surface area contributed by atoms with Gasteiger partial charge in [-0.3, -0.25) is 14.9 Å². The molecular formula is C17H17N3O3. The number of hydrazone groups is 1. The molecule has 1 unspecified atom stereocenters. The minimum absolute atomic E-state index is 0.0176. The Balaban J connectivity index is 2.03. The van der Waals surface area contributed by atoms with Gasteiger partial charge in [0.05, 0.1) is 17.1 Å². The van der Waals surface area contributed by atoms with Crippen molar-refractivity contribution in [3.8, 4) is 0 Å². The summed E-state index contributed by atoms with van der Waals surface area (Å²) < 4.78 is 0. The van der Waals surface area contributed by atoms with E-state index in [1.807, 2.05) is 37.3 Å². The lowest BCUT2D eigenvalue weighted by atomic mass is 9.96. The van der Waals surface area contributed by atoms with Crippen molar-refractivity contribution in [3.05, 3.63) is 75.8 Å². The molecular weight excluding hydrogens is 294 g/mol. The van der Waals surface area contributed by atoms with E-state index in [1.165, 1.54) is 18.3 Å². The second kappa shape index (κ2) is 7.84. The normalized spacial score (nSPS) is 12.0. The zero-order chi connectivity index (χ0) is 16.7. The summed E-state index contributed by atoms with van der Waals surface area (Å²) >= 11 is 0. The van der Waals surface area contributed by atoms with Crippen molar-refractivity contribution < 1.29 is 9.72 Å². The number of hydrogen-bond acceptors (Lipinski definition) is 4. The van der Waals surface area contributed by atoms with Gasteiger partial charge in [-0.25, -0.2) is 5.43 Å². The summed E-state index contributed by atoms with van der Waals surface area (Å²) in [5, 5.41) is 14.6. The lowest BCUT2D eigenvalue weighted by Crippen LogP contribution is -2.25. The van der Waals surface area contributed by atoms with Gasteiger partial charge in [-0.15, -0.1) is 0 Å². The van der Waals surface area contributed by atoms with Crippen LogP contribution in [0.25, 0.3) is 0 Å². The number of carbonyl (C=O) groups is 1. The van der Waals surface area contributed by atoms with Gasteiger partial charge >= 0.3 is 0 Å². The molecule has 6 nitrogen and oxygen atoms in total. The van der Waals surface area contributed by atoms with Crippen molar-refractivity contribution in [2.24, 2.45) is 5.10 Å². The number of benzene rings is 2. The standard InChI is InChI=1S/C17H17N3O3/c1-2-16(14-8-4-3-5-9-14)17(21)19-18-12-13-7-6-10-15(11-13)20(22)23/h3-12,16H,2H2,1H3,(H,19,21)/b18-12+. The van der Waals surface area contributed by atoms with E-state index < -0.39 is 4.92 Å². The molecule has 0 aliphatic rings. The molecule has 2 rings (SSSR count). The number of nitrogens with one attached hydrogen (secondary N) is 1. The zero-order valence-electron chi connectivity index (χ0n) is 12.7. The second-order valence-electron chi connectivity index (χ2n) is 4.96. The Morgan fingerprint density at radius 1 is 1.26 bits per heavy atom. The lowest BCUT2D eigenvalue weighted by molar-refractivity contribution is -0.384. The summed E-state index contributed by atoms with van der Waals surface area (Å²) in [6.07, 6.45) is 2.05. The molecule has 0 heterocycles. The van der Waals surface area contributed by atoms with Gasteiger partial charge in [0.25, 0.3) is 5.69 Å². The Bertz CT molecular complexity index is 714. The molecule has 1 amide bonds. The number of nitro groups is 1. The number of carbonyl (C=O) groups excluding carboxylic acids is 1. The van der Waals surface area contributed by atoms with Crippen LogP contribution in [0.15, 0.2) is 59.7 Å². The van der Waals surface area contributed by atoms with Crippen LogP contribution in [-0.2, 0) is 4.79 Å². The molecule has 0 radical (unpaired) electrons. The first-order valence-corrected chi connectivity index (χ1v) is 7.24. The molecule has 2 aromatic carbocycles. The van der Waals surface area contributed by atoms with E-state index in [1.54, 1.807) is 12.1 Å². The van der Waals surface area contributed by atoms with Crippen molar-refractivity contribution in [2.75, 3.05) is 0 Å². The molecule has 0 bridgehead atoms. The predicted molar refractivity (Wildman–Crippen MR) is 88.3 cm³/mol. The molecule has 0 spiro atoms. The highest BCUT2D eigenvalue weighted by Gasteiger charge is 2.17. The van der Waals surface area contributed by atoms with Gasteiger partial charge in [0, 0.05) is 17.7 Å². The Labute approximate surface area is 134 Å². The van der Waals surface area contributed by atoms with Crippen LogP contribution in [0.5, 0.6) is 0 Å². The summed E-state index contributed by atoms with van der Waals surface area (Å²) in [6.45, 7) is 1.93. The molecule has 0 fully saturated rings. The maximum atomic E-state index is 12.2. The highest BCUT2D eigenvalue weighted by atomic mass is 16.6. The van der Waals surface area contributed by atoms with Crippen LogP contribution >= 0.6 is 0 Å². The quantitative estimate of drug-likeness (QED) is 0.505. The predicted octanol–water partition coefficient (Wildman–Crippen LogP) is 3.24. The number of amides is 1. The average Bonchev–Trinajstić information content (AvgIpc) is 2.57. The third kappa shape index (κ3) is 4.47. The summed E-state index contributed by atoms with van der Waals surface area (Å²) in [4.78, 5) is 22.4. The Kier molecular flexibility index (Phi) is 5.57. The highest BCUT2D eigenvalue weighted by molar-refractivity contribution is 5.86. The largest absolute Gasteiger partial charge is 0.272 e. The van der Waals surface area contributed by atoms with Gasteiger partial charge in [0.1, 0.15) is 0 Å². The third-order valence-corrected chi connectivity index (χ3v) is 3.40. The minimum Gasteiger partial charge on any atom is -0.272 e. The number of nitro benzene ring substituents is 1. The van der Waals surface area contributed by atoms with Crippen molar-refractivity contribution in [3.63, 3.8) is 0 Å². The first kappa shape index (κ1) is 16.4. The third-order valence-electron chi connectivity index (χ3n) is 3.40. The van der Waals surface area contributed by atoms with Crippen LogP contribution in [0.2, 0.25) is 0 Å². The first-order chi connectivity index (χ1) is 11.1. The molecule has 0 saturated carbocycles. The fourth-order valence-corrected chi connectivity index (χ4v) is 2.22. The van der Waals surface area contributed by atoms with Gasteiger partial charge in [0.2, 0.25) is 5.91 Å². The van der Waals surface area contributed by atoms with Crippen molar-refractivity contribution in [1.29, 1.82) is 0 Å². The molecule has 0 aliphatic heterocycles. The van der Waals surface area contributed by atoms with E-state index in [0.29, 0.717) is 12.0 Å². The molecule has 23 heavy (non-hydrogen) atoms. The average molecular weight is 311 g/mol. The number of nitrogens with zero attached hydrogens (tertiary/aromatic N) is 2. The number of rotatable bonds is 6. The van der Waals surface area contributed by atoms with Gasteiger partial charge in [-0.05, 0) is 12.0 Å². The number of non-ortho nitro benzene ring substituents is 1. The lowest BCUT2D eigenvalue weighted by Gasteiger charge is -2.12. The summed E-state index contributed by atoms with van der Waals surface area (Å²) in [5.74, 6) is -0.487. The SMILES string of the molecule is CCC(C(=O)N/N=C/c1cccc([N+](=O)[O-])c1)c1ccccc1. The maximum Gasteiger partial charge on any atom is 0.270 e. The van der Waals surface area contributed by atoms with Crippen LogP contribution in [0.1, 0.15) is 30.4 Å². The summed E-state index contributed by atoms with van der Waals surface area (Å²) in [7, 11) is 0. The van der Waals surface area contributed by atoms with E-state index in [9.17, 15) is 14.9 Å². The van der Waals surface area contributed by atoms with Crippen molar-refractivity contribution in [1.82, 2.24) is 5.43 Å². The molecule has 0 aromatic heterocycles. The minimum atomic E-state index is -0.474. The smallest absolute Gasteiger partial charge is 0.270 e. The van der Waals surface area contributed by atoms with Crippen LogP contribution in [-0.4, -0.2) is 17.0 Å². The van der Waals surface area contributed by atoms with Gasteiger partial charge < -0.3 is 0 Å². The Morgan fingerprint density at radius 2 is 2.00 bits per heavy atom. The van der Waals surface area contributed by atoms with E-state index in [4.69, 9.17) is 0 Å². The molecule has 0 aliphatic carbocycles. The first-order valence-electron chi connectivity index (χ1n) is 7.24. The van der Waals surface area contributed by atoms with Crippen molar-refractivity contribution >= 4 is 17.8 Å². The monoisotopic (exact) mass is 311 g/mol. The van der Waals surface area contributed by atoms with E-state index in [2.05, 4.69) is 10.5 Å². The number of hydrogen-bond donors (Lipinski definition) is 1. The topological polar surface area (TPSA) is 84.6 Å². The molecule has 1 N–H and O–H groups in total. The Hall–Kier alpha value is -3.02. The van der Waals surface area contributed by atoms with Crippen LogP contribution < -0.4 is 5.43 Å². The van der Waals surface area contributed by atoms with E-state index in [0.717, 1.165) is 5.56 Å². The molecule has 2 aromatic rings. The van der Waals surface area contributed by atoms with Gasteiger partial charge in [-0.1, -0.05) is 49.4 Å². The summed E-state index contributed by atoms with van der Waals surface area (Å²) in [6, 6.07) is 15.5. The zero-order valence-corrected chi connectivity index (χ0v) is 12.7. The molecule has 6 heteroatoms. The van der Waals surface area contributed by atoms with Crippen LogP contribution in [0.4, 0.5) is 5.69 Å².